The molecule has 0 aliphatic carbocycles. The largest absolute Gasteiger partial charge is 0.497 e. The van der Waals surface area contributed by atoms with Gasteiger partial charge in [-0.05, 0) is 31.0 Å². The highest BCUT2D eigenvalue weighted by molar-refractivity contribution is 5.96. The maximum absolute atomic E-state index is 13.6. The molecule has 1 rings (SSSR count). The average molecular weight is 239 g/mol. The molecule has 3 nitrogen and oxygen atoms in total. The summed E-state index contributed by atoms with van der Waals surface area (Å²) in [5.74, 6) is -0.0326. The summed E-state index contributed by atoms with van der Waals surface area (Å²) in [6.45, 7) is 2.51. The molecular weight excluding hydrogens is 221 g/mol. The average Bonchev–Trinajstić information content (AvgIpc) is 2.35. The van der Waals surface area contributed by atoms with Crippen molar-refractivity contribution in [2.45, 2.75) is 19.8 Å². The number of halogens is 1. The van der Waals surface area contributed by atoms with E-state index in [4.69, 9.17) is 10.5 Å². The maximum Gasteiger partial charge on any atom is 0.165 e. The van der Waals surface area contributed by atoms with E-state index in [1.165, 1.54) is 19.2 Å². The van der Waals surface area contributed by atoms with Crippen LogP contribution in [0.5, 0.6) is 5.75 Å². The number of ether oxygens (including phenoxy) is 1. The van der Waals surface area contributed by atoms with Crippen LogP contribution in [0.1, 0.15) is 30.1 Å². The molecule has 1 atom stereocenters. The summed E-state index contributed by atoms with van der Waals surface area (Å²) < 4.78 is 18.4. The van der Waals surface area contributed by atoms with Crippen molar-refractivity contribution in [3.05, 3.63) is 29.6 Å². The zero-order chi connectivity index (χ0) is 12.8. The SMILES string of the molecule is COc1ccc(C(=O)CCC(C)CN)c(F)c1. The molecule has 1 unspecified atom stereocenters. The second-order valence-corrected chi connectivity index (χ2v) is 4.15. The molecule has 0 aliphatic heterocycles. The van der Waals surface area contributed by atoms with Crippen molar-refractivity contribution in [1.29, 1.82) is 0 Å². The first-order chi connectivity index (χ1) is 8.08. The molecule has 4 heteroatoms. The van der Waals surface area contributed by atoms with Gasteiger partial charge in [0.15, 0.2) is 5.78 Å². The van der Waals surface area contributed by atoms with Crippen molar-refractivity contribution in [2.75, 3.05) is 13.7 Å². The molecule has 0 heterocycles. The Hall–Kier alpha value is -1.42. The molecule has 0 aliphatic rings. The molecule has 94 valence electrons. The number of Topliss-reactive ketones (excluding diaryl/α,β-unsaturated/α-hetero) is 1. The Bertz CT molecular complexity index is 393. The summed E-state index contributed by atoms with van der Waals surface area (Å²) in [7, 11) is 1.46. The molecule has 2 N–H and O–H groups in total. The molecule has 0 saturated carbocycles. The number of hydrogen-bond acceptors (Lipinski definition) is 3. The number of hydrogen-bond donors (Lipinski definition) is 1. The van der Waals surface area contributed by atoms with Crippen molar-refractivity contribution in [2.24, 2.45) is 11.7 Å². The van der Waals surface area contributed by atoms with Crippen LogP contribution in [0.3, 0.4) is 0 Å². The fourth-order valence-electron chi connectivity index (χ4n) is 1.48. The predicted octanol–water partition coefficient (Wildman–Crippen LogP) is 2.39. The van der Waals surface area contributed by atoms with Crippen LogP contribution < -0.4 is 10.5 Å². The molecule has 1 aromatic rings. The number of ketones is 1. The van der Waals surface area contributed by atoms with Crippen molar-refractivity contribution in [1.82, 2.24) is 0 Å². The fraction of sp³-hybridized carbons (Fsp3) is 0.462. The molecule has 0 aromatic heterocycles. The lowest BCUT2D eigenvalue weighted by Gasteiger charge is -2.08. The lowest BCUT2D eigenvalue weighted by atomic mass is 10.00. The van der Waals surface area contributed by atoms with Crippen molar-refractivity contribution in [3.63, 3.8) is 0 Å². The zero-order valence-electron chi connectivity index (χ0n) is 10.2. The summed E-state index contributed by atoms with van der Waals surface area (Å²) in [4.78, 5) is 11.8. The Morgan fingerprint density at radius 3 is 2.76 bits per heavy atom. The van der Waals surface area contributed by atoms with Crippen LogP contribution in [0.4, 0.5) is 4.39 Å². The smallest absolute Gasteiger partial charge is 0.165 e. The van der Waals surface area contributed by atoms with Crippen molar-refractivity contribution in [3.8, 4) is 5.75 Å². The van der Waals surface area contributed by atoms with E-state index in [0.717, 1.165) is 0 Å². The van der Waals surface area contributed by atoms with E-state index in [2.05, 4.69) is 0 Å². The molecular formula is C13H18FNO2. The van der Waals surface area contributed by atoms with Gasteiger partial charge in [-0.15, -0.1) is 0 Å². The minimum atomic E-state index is -0.533. The Labute approximate surface area is 101 Å². The van der Waals surface area contributed by atoms with Gasteiger partial charge in [-0.2, -0.15) is 0 Å². The number of nitrogens with two attached hydrogens (primary N) is 1. The molecule has 0 fully saturated rings. The Morgan fingerprint density at radius 2 is 2.24 bits per heavy atom. The minimum Gasteiger partial charge on any atom is -0.497 e. The van der Waals surface area contributed by atoms with Gasteiger partial charge in [0.05, 0.1) is 12.7 Å². The summed E-state index contributed by atoms with van der Waals surface area (Å²) in [5.41, 5.74) is 5.58. The van der Waals surface area contributed by atoms with E-state index in [1.807, 2.05) is 6.92 Å². The van der Waals surface area contributed by atoms with E-state index >= 15 is 0 Å². The fourth-order valence-corrected chi connectivity index (χ4v) is 1.48. The van der Waals surface area contributed by atoms with Gasteiger partial charge in [0.25, 0.3) is 0 Å². The van der Waals surface area contributed by atoms with Crippen molar-refractivity contribution >= 4 is 5.78 Å². The lowest BCUT2D eigenvalue weighted by Crippen LogP contribution is -2.13. The third kappa shape index (κ3) is 3.82. The quantitative estimate of drug-likeness (QED) is 0.775. The molecule has 0 radical (unpaired) electrons. The summed E-state index contributed by atoms with van der Waals surface area (Å²) in [6.07, 6.45) is 1.00. The number of methoxy groups -OCH3 is 1. The summed E-state index contributed by atoms with van der Waals surface area (Å²) in [5, 5.41) is 0. The number of carbonyl (C=O) groups excluding carboxylic acids is 1. The van der Waals surface area contributed by atoms with E-state index in [0.29, 0.717) is 25.1 Å². The van der Waals surface area contributed by atoms with E-state index in [-0.39, 0.29) is 17.3 Å². The summed E-state index contributed by atoms with van der Waals surface area (Å²) in [6, 6.07) is 4.27. The molecule has 0 spiro atoms. The van der Waals surface area contributed by atoms with Gasteiger partial charge in [-0.1, -0.05) is 6.92 Å². The second kappa shape index (κ2) is 6.35. The van der Waals surface area contributed by atoms with Gasteiger partial charge in [0.1, 0.15) is 11.6 Å². The van der Waals surface area contributed by atoms with Crippen LogP contribution in [-0.2, 0) is 0 Å². The van der Waals surface area contributed by atoms with Crippen LogP contribution in [0.2, 0.25) is 0 Å². The van der Waals surface area contributed by atoms with Crippen LogP contribution in [0, 0.1) is 11.7 Å². The molecule has 17 heavy (non-hydrogen) atoms. The normalized spacial score (nSPS) is 12.2. The highest BCUT2D eigenvalue weighted by Crippen LogP contribution is 2.18. The minimum absolute atomic E-state index is 0.120. The van der Waals surface area contributed by atoms with Crippen LogP contribution in [-0.4, -0.2) is 19.4 Å². The predicted molar refractivity (Wildman–Crippen MR) is 64.7 cm³/mol. The first-order valence-corrected chi connectivity index (χ1v) is 5.65. The van der Waals surface area contributed by atoms with E-state index in [1.54, 1.807) is 6.07 Å². The zero-order valence-corrected chi connectivity index (χ0v) is 10.2. The highest BCUT2D eigenvalue weighted by Gasteiger charge is 2.13. The third-order valence-corrected chi connectivity index (χ3v) is 2.74. The van der Waals surface area contributed by atoms with Gasteiger partial charge in [0, 0.05) is 12.5 Å². The number of carbonyl (C=O) groups is 1. The van der Waals surface area contributed by atoms with Gasteiger partial charge in [0.2, 0.25) is 0 Å². The molecule has 0 amide bonds. The molecule has 0 bridgehead atoms. The molecule has 0 saturated heterocycles. The number of rotatable bonds is 6. The van der Waals surface area contributed by atoms with Crippen LogP contribution in [0.25, 0.3) is 0 Å². The number of benzene rings is 1. The Morgan fingerprint density at radius 1 is 1.53 bits per heavy atom. The Kier molecular flexibility index (Phi) is 5.10. The van der Waals surface area contributed by atoms with E-state index in [9.17, 15) is 9.18 Å². The standard InChI is InChI=1S/C13H18FNO2/c1-9(8-15)3-6-13(16)11-5-4-10(17-2)7-12(11)14/h4-5,7,9H,3,6,8,15H2,1-2H3. The lowest BCUT2D eigenvalue weighted by molar-refractivity contribution is 0.0971. The van der Waals surface area contributed by atoms with Crippen molar-refractivity contribution < 1.29 is 13.9 Å². The van der Waals surface area contributed by atoms with Gasteiger partial charge < -0.3 is 10.5 Å². The topological polar surface area (TPSA) is 52.3 Å². The monoisotopic (exact) mass is 239 g/mol. The van der Waals surface area contributed by atoms with E-state index < -0.39 is 5.82 Å². The van der Waals surface area contributed by atoms with Gasteiger partial charge in [-0.3, -0.25) is 4.79 Å². The highest BCUT2D eigenvalue weighted by atomic mass is 19.1. The summed E-state index contributed by atoms with van der Waals surface area (Å²) >= 11 is 0. The first kappa shape index (κ1) is 13.6. The van der Waals surface area contributed by atoms with Crippen LogP contribution in [0.15, 0.2) is 18.2 Å². The maximum atomic E-state index is 13.6. The second-order valence-electron chi connectivity index (χ2n) is 4.15. The first-order valence-electron chi connectivity index (χ1n) is 5.65. The third-order valence-electron chi connectivity index (χ3n) is 2.74. The van der Waals surface area contributed by atoms with Gasteiger partial charge >= 0.3 is 0 Å². The van der Waals surface area contributed by atoms with Gasteiger partial charge in [-0.25, -0.2) is 4.39 Å². The Balaban J connectivity index is 2.69. The molecule has 1 aromatic carbocycles. The van der Waals surface area contributed by atoms with Crippen LogP contribution >= 0.6 is 0 Å².